The first kappa shape index (κ1) is 12.2. The molecule has 1 aliphatic carbocycles. The fourth-order valence-corrected chi connectivity index (χ4v) is 3.97. The number of carbonyl (C=O) groups excluding carboxylic acids is 1. The monoisotopic (exact) mass is 265 g/mol. The van der Waals surface area contributed by atoms with Crippen molar-refractivity contribution in [1.82, 2.24) is 4.90 Å². The van der Waals surface area contributed by atoms with Gasteiger partial charge in [0.1, 0.15) is 0 Å². The van der Waals surface area contributed by atoms with E-state index in [2.05, 4.69) is 13.0 Å². The lowest BCUT2D eigenvalue weighted by Crippen LogP contribution is -2.50. The smallest absolute Gasteiger partial charge is 0.264 e. The van der Waals surface area contributed by atoms with E-state index in [1.807, 2.05) is 11.8 Å². The second kappa shape index (κ2) is 4.67. The molecule has 0 aromatic carbocycles. The van der Waals surface area contributed by atoms with Crippen molar-refractivity contribution < 1.29 is 9.53 Å². The predicted molar refractivity (Wildman–Crippen MR) is 72.3 cm³/mol. The Hall–Kier alpha value is -0.870. The van der Waals surface area contributed by atoms with Gasteiger partial charge in [-0.1, -0.05) is 0 Å². The average Bonchev–Trinajstić information content (AvgIpc) is 2.91. The molecule has 0 bridgehead atoms. The molecule has 0 radical (unpaired) electrons. The van der Waals surface area contributed by atoms with E-state index in [0.29, 0.717) is 13.2 Å². The normalized spacial score (nSPS) is 27.3. The highest BCUT2D eigenvalue weighted by molar-refractivity contribution is 7.14. The Balaban J connectivity index is 1.80. The molecular formula is C14H19NO2S. The van der Waals surface area contributed by atoms with E-state index in [0.717, 1.165) is 17.7 Å². The number of hydrogen-bond acceptors (Lipinski definition) is 3. The summed E-state index contributed by atoms with van der Waals surface area (Å²) in [6.45, 7) is 5.45. The van der Waals surface area contributed by atoms with E-state index in [-0.39, 0.29) is 18.1 Å². The number of rotatable bonds is 1. The summed E-state index contributed by atoms with van der Waals surface area (Å²) in [5.74, 6) is 0.192. The zero-order chi connectivity index (χ0) is 12.7. The van der Waals surface area contributed by atoms with Crippen LogP contribution in [0, 0.1) is 0 Å². The Labute approximate surface area is 112 Å². The maximum Gasteiger partial charge on any atom is 0.264 e. The molecule has 2 aliphatic rings. The van der Waals surface area contributed by atoms with Crippen LogP contribution in [0.2, 0.25) is 0 Å². The first-order chi connectivity index (χ1) is 8.65. The van der Waals surface area contributed by atoms with Crippen molar-refractivity contribution in [2.24, 2.45) is 0 Å². The van der Waals surface area contributed by atoms with Crippen LogP contribution in [-0.4, -0.2) is 36.1 Å². The molecule has 2 atom stereocenters. The maximum absolute atomic E-state index is 12.5. The van der Waals surface area contributed by atoms with Crippen LogP contribution < -0.4 is 0 Å². The van der Waals surface area contributed by atoms with Crippen LogP contribution in [0.1, 0.15) is 40.4 Å². The van der Waals surface area contributed by atoms with Gasteiger partial charge < -0.3 is 9.64 Å². The summed E-state index contributed by atoms with van der Waals surface area (Å²) in [7, 11) is 0. The summed E-state index contributed by atoms with van der Waals surface area (Å²) < 4.78 is 5.58. The van der Waals surface area contributed by atoms with Crippen molar-refractivity contribution in [2.75, 3.05) is 13.2 Å². The molecule has 0 saturated carbocycles. The third kappa shape index (κ3) is 2.08. The highest BCUT2D eigenvalue weighted by atomic mass is 32.1. The molecular weight excluding hydrogens is 246 g/mol. The highest BCUT2D eigenvalue weighted by Crippen LogP contribution is 2.31. The molecule has 2 unspecified atom stereocenters. The molecule has 0 spiro atoms. The minimum atomic E-state index is 0.150. The zero-order valence-electron chi connectivity index (χ0n) is 10.9. The molecule has 1 aliphatic heterocycles. The van der Waals surface area contributed by atoms with E-state index >= 15 is 0 Å². The Kier molecular flexibility index (Phi) is 3.16. The summed E-state index contributed by atoms with van der Waals surface area (Å²) >= 11 is 1.69. The van der Waals surface area contributed by atoms with Crippen LogP contribution in [0.25, 0.3) is 0 Å². The second-order valence-electron chi connectivity index (χ2n) is 5.36. The summed E-state index contributed by atoms with van der Waals surface area (Å²) in [6.07, 6.45) is 3.70. The summed E-state index contributed by atoms with van der Waals surface area (Å²) in [6, 6.07) is 2.30. The standard InChI is InChI=1S/C14H19NO2S/c1-9-8-17-10(2)7-15(9)14(16)13-6-11-4-3-5-12(11)18-13/h6,9-10H,3-5,7-8H2,1-2H3. The SMILES string of the molecule is CC1CN(C(=O)c2cc3c(s2)CCC3)C(C)CO1. The number of thiophene rings is 1. The van der Waals surface area contributed by atoms with Crippen LogP contribution in [-0.2, 0) is 17.6 Å². The Bertz CT molecular complexity index is 447. The molecule has 1 saturated heterocycles. The molecule has 0 N–H and O–H groups in total. The highest BCUT2D eigenvalue weighted by Gasteiger charge is 2.30. The number of hydrogen-bond donors (Lipinski definition) is 0. The summed E-state index contributed by atoms with van der Waals surface area (Å²) in [5, 5.41) is 0. The summed E-state index contributed by atoms with van der Waals surface area (Å²) in [4.78, 5) is 16.9. The van der Waals surface area contributed by atoms with Gasteiger partial charge >= 0.3 is 0 Å². The lowest BCUT2D eigenvalue weighted by atomic mass is 10.2. The molecule has 18 heavy (non-hydrogen) atoms. The number of aryl methyl sites for hydroxylation is 2. The van der Waals surface area contributed by atoms with Crippen LogP contribution in [0.15, 0.2) is 6.07 Å². The van der Waals surface area contributed by atoms with E-state index in [9.17, 15) is 4.79 Å². The molecule has 3 rings (SSSR count). The molecule has 1 aromatic heterocycles. The largest absolute Gasteiger partial charge is 0.375 e. The molecule has 3 nitrogen and oxygen atoms in total. The van der Waals surface area contributed by atoms with E-state index < -0.39 is 0 Å². The maximum atomic E-state index is 12.5. The lowest BCUT2D eigenvalue weighted by Gasteiger charge is -2.36. The quantitative estimate of drug-likeness (QED) is 0.781. The third-order valence-corrected chi connectivity index (χ3v) is 5.05. The van der Waals surface area contributed by atoms with Gasteiger partial charge in [-0.3, -0.25) is 4.79 Å². The van der Waals surface area contributed by atoms with Gasteiger partial charge in [-0.05, 0) is 44.7 Å². The second-order valence-corrected chi connectivity index (χ2v) is 6.50. The number of morpholine rings is 1. The van der Waals surface area contributed by atoms with Gasteiger partial charge in [-0.2, -0.15) is 0 Å². The average molecular weight is 265 g/mol. The molecule has 1 aromatic rings. The molecule has 2 heterocycles. The van der Waals surface area contributed by atoms with Gasteiger partial charge in [0.05, 0.1) is 23.6 Å². The predicted octanol–water partition coefficient (Wildman–Crippen LogP) is 2.49. The first-order valence-corrected chi connectivity index (χ1v) is 7.51. The van der Waals surface area contributed by atoms with E-state index in [4.69, 9.17) is 4.74 Å². The summed E-state index contributed by atoms with van der Waals surface area (Å²) in [5.41, 5.74) is 1.40. The minimum Gasteiger partial charge on any atom is -0.375 e. The number of amides is 1. The number of fused-ring (bicyclic) bond motifs is 1. The zero-order valence-corrected chi connectivity index (χ0v) is 11.8. The third-order valence-electron chi connectivity index (χ3n) is 3.83. The van der Waals surface area contributed by atoms with Crippen molar-refractivity contribution in [3.63, 3.8) is 0 Å². The van der Waals surface area contributed by atoms with Crippen molar-refractivity contribution in [3.05, 3.63) is 21.4 Å². The fraction of sp³-hybridized carbons (Fsp3) is 0.643. The van der Waals surface area contributed by atoms with Gasteiger partial charge in [0.15, 0.2) is 0 Å². The van der Waals surface area contributed by atoms with Gasteiger partial charge in [0, 0.05) is 11.4 Å². The molecule has 98 valence electrons. The van der Waals surface area contributed by atoms with E-state index in [1.165, 1.54) is 16.9 Å². The van der Waals surface area contributed by atoms with Gasteiger partial charge in [-0.25, -0.2) is 0 Å². The molecule has 4 heteroatoms. The number of ether oxygens (including phenoxy) is 1. The van der Waals surface area contributed by atoms with Crippen molar-refractivity contribution in [3.8, 4) is 0 Å². The van der Waals surface area contributed by atoms with Crippen molar-refractivity contribution in [1.29, 1.82) is 0 Å². The van der Waals surface area contributed by atoms with Crippen LogP contribution in [0.5, 0.6) is 0 Å². The Morgan fingerprint density at radius 3 is 3.06 bits per heavy atom. The Morgan fingerprint density at radius 2 is 2.28 bits per heavy atom. The van der Waals surface area contributed by atoms with Crippen LogP contribution in [0.3, 0.4) is 0 Å². The van der Waals surface area contributed by atoms with Gasteiger partial charge in [-0.15, -0.1) is 11.3 Å². The lowest BCUT2D eigenvalue weighted by molar-refractivity contribution is -0.0385. The van der Waals surface area contributed by atoms with E-state index in [1.54, 1.807) is 11.3 Å². The number of carbonyl (C=O) groups is 1. The number of nitrogens with zero attached hydrogens (tertiary/aromatic N) is 1. The van der Waals surface area contributed by atoms with Gasteiger partial charge in [0.2, 0.25) is 0 Å². The van der Waals surface area contributed by atoms with Crippen LogP contribution >= 0.6 is 11.3 Å². The molecule has 1 amide bonds. The topological polar surface area (TPSA) is 29.5 Å². The minimum absolute atomic E-state index is 0.150. The fourth-order valence-electron chi connectivity index (χ4n) is 2.76. The Morgan fingerprint density at radius 1 is 1.44 bits per heavy atom. The van der Waals surface area contributed by atoms with Crippen molar-refractivity contribution in [2.45, 2.75) is 45.3 Å². The van der Waals surface area contributed by atoms with Crippen molar-refractivity contribution >= 4 is 17.2 Å². The van der Waals surface area contributed by atoms with Crippen LogP contribution in [0.4, 0.5) is 0 Å². The first-order valence-electron chi connectivity index (χ1n) is 6.69. The molecule has 1 fully saturated rings. The van der Waals surface area contributed by atoms with Gasteiger partial charge in [0.25, 0.3) is 5.91 Å².